The van der Waals surface area contributed by atoms with Crippen molar-refractivity contribution < 1.29 is 36.3 Å². The average Bonchev–Trinajstić information content (AvgIpc) is 2.85. The quantitative estimate of drug-likeness (QED) is 0.477. The second kappa shape index (κ2) is 8.56. The normalized spacial score (nSPS) is 16.7. The number of hydrogen-bond acceptors (Lipinski definition) is 3. The van der Waals surface area contributed by atoms with Crippen molar-refractivity contribution in [3.63, 3.8) is 0 Å². The SMILES string of the molecule is CC(C(=O)NCC(F)(F)C(F)(F)F)C(=O)NC1C(=O)Nc2ccccc2-c2ccccc21. The Morgan fingerprint density at radius 3 is 2.22 bits per heavy atom. The molecule has 3 N–H and O–H groups in total. The van der Waals surface area contributed by atoms with Crippen molar-refractivity contribution in [1.82, 2.24) is 10.6 Å². The second-order valence-corrected chi connectivity index (χ2v) is 7.21. The van der Waals surface area contributed by atoms with Crippen molar-refractivity contribution in [3.8, 4) is 11.1 Å². The number of carbonyl (C=O) groups is 3. The molecule has 32 heavy (non-hydrogen) atoms. The van der Waals surface area contributed by atoms with Crippen LogP contribution in [-0.2, 0) is 14.4 Å². The molecule has 0 radical (unpaired) electrons. The second-order valence-electron chi connectivity index (χ2n) is 7.21. The van der Waals surface area contributed by atoms with E-state index >= 15 is 0 Å². The smallest absolute Gasteiger partial charge is 0.349 e. The van der Waals surface area contributed by atoms with Gasteiger partial charge >= 0.3 is 12.1 Å². The lowest BCUT2D eigenvalue weighted by Crippen LogP contribution is -2.50. The lowest BCUT2D eigenvalue weighted by Gasteiger charge is -2.22. The molecule has 2 aromatic carbocycles. The van der Waals surface area contributed by atoms with Crippen LogP contribution in [0.1, 0.15) is 18.5 Å². The number of benzene rings is 2. The standard InChI is InChI=1S/C21H18F5N3O3/c1-11(17(30)27-10-20(22,23)21(24,25)26)18(31)29-16-14-8-3-2-6-12(14)13-7-4-5-9-15(13)28-19(16)32/h2-9,11,16H,10H2,1H3,(H,27,30)(H,28,32)(H,29,31). The maximum absolute atomic E-state index is 13.0. The molecule has 0 saturated heterocycles. The maximum atomic E-state index is 13.0. The summed E-state index contributed by atoms with van der Waals surface area (Å²) in [5.74, 6) is -9.74. The number of amides is 3. The van der Waals surface area contributed by atoms with Gasteiger partial charge in [-0.05, 0) is 24.1 Å². The zero-order valence-corrected chi connectivity index (χ0v) is 16.6. The highest BCUT2D eigenvalue weighted by Crippen LogP contribution is 2.37. The third kappa shape index (κ3) is 4.56. The van der Waals surface area contributed by atoms with Crippen molar-refractivity contribution in [2.75, 3.05) is 11.9 Å². The third-order valence-electron chi connectivity index (χ3n) is 4.98. The molecule has 0 saturated carbocycles. The van der Waals surface area contributed by atoms with Crippen LogP contribution < -0.4 is 16.0 Å². The summed E-state index contributed by atoms with van der Waals surface area (Å²) in [4.78, 5) is 37.3. The van der Waals surface area contributed by atoms with Crippen LogP contribution in [0.4, 0.5) is 27.6 Å². The number of alkyl halides is 5. The van der Waals surface area contributed by atoms with Crippen molar-refractivity contribution in [2.24, 2.45) is 5.92 Å². The van der Waals surface area contributed by atoms with Crippen LogP contribution in [0.25, 0.3) is 11.1 Å². The Labute approximate surface area is 179 Å². The molecule has 2 unspecified atom stereocenters. The van der Waals surface area contributed by atoms with Crippen LogP contribution >= 0.6 is 0 Å². The first kappa shape index (κ1) is 23.2. The minimum Gasteiger partial charge on any atom is -0.349 e. The van der Waals surface area contributed by atoms with Gasteiger partial charge in [0, 0.05) is 11.3 Å². The van der Waals surface area contributed by atoms with Gasteiger partial charge in [-0.1, -0.05) is 42.5 Å². The highest BCUT2D eigenvalue weighted by atomic mass is 19.4. The van der Waals surface area contributed by atoms with Gasteiger partial charge in [0.1, 0.15) is 12.0 Å². The lowest BCUT2D eigenvalue weighted by molar-refractivity contribution is -0.278. The average molecular weight is 455 g/mol. The molecule has 0 aromatic heterocycles. The first-order chi connectivity index (χ1) is 14.9. The van der Waals surface area contributed by atoms with Gasteiger partial charge in [-0.15, -0.1) is 0 Å². The number of halogens is 5. The Hall–Kier alpha value is -3.50. The molecule has 1 aliphatic heterocycles. The number of fused-ring (bicyclic) bond motifs is 3. The molecule has 170 valence electrons. The minimum absolute atomic E-state index is 0.430. The largest absolute Gasteiger partial charge is 0.455 e. The van der Waals surface area contributed by atoms with Crippen molar-refractivity contribution in [1.29, 1.82) is 0 Å². The number of nitrogens with one attached hydrogen (secondary N) is 3. The van der Waals surface area contributed by atoms with Crippen molar-refractivity contribution in [3.05, 3.63) is 54.1 Å². The molecule has 11 heteroatoms. The Bertz CT molecular complexity index is 1050. The summed E-state index contributed by atoms with van der Waals surface area (Å²) in [5, 5.41) is 6.50. The van der Waals surface area contributed by atoms with Crippen LogP contribution in [0.2, 0.25) is 0 Å². The van der Waals surface area contributed by atoms with E-state index in [1.165, 1.54) is 5.32 Å². The number of carbonyl (C=O) groups excluding carboxylic acids is 3. The summed E-state index contributed by atoms with van der Waals surface area (Å²) in [5.41, 5.74) is 2.28. The Morgan fingerprint density at radius 2 is 1.56 bits per heavy atom. The van der Waals surface area contributed by atoms with E-state index in [0.717, 1.165) is 6.92 Å². The molecule has 2 atom stereocenters. The van der Waals surface area contributed by atoms with Gasteiger partial charge in [-0.2, -0.15) is 22.0 Å². The van der Waals surface area contributed by atoms with E-state index in [1.54, 1.807) is 48.5 Å². The van der Waals surface area contributed by atoms with E-state index in [1.807, 2.05) is 0 Å². The van der Waals surface area contributed by atoms with Gasteiger partial charge in [0.15, 0.2) is 0 Å². The van der Waals surface area contributed by atoms with E-state index in [9.17, 15) is 36.3 Å². The maximum Gasteiger partial charge on any atom is 0.455 e. The number of hydrogen-bond donors (Lipinski definition) is 3. The monoisotopic (exact) mass is 455 g/mol. The van der Waals surface area contributed by atoms with Crippen LogP contribution in [0.15, 0.2) is 48.5 Å². The summed E-state index contributed by atoms with van der Waals surface area (Å²) in [6.07, 6.45) is -5.84. The van der Waals surface area contributed by atoms with Crippen molar-refractivity contribution in [2.45, 2.75) is 25.1 Å². The lowest BCUT2D eigenvalue weighted by atomic mass is 9.95. The summed E-state index contributed by atoms with van der Waals surface area (Å²) in [6, 6.07) is 12.4. The molecule has 1 aliphatic rings. The van der Waals surface area contributed by atoms with Crippen LogP contribution in [0.3, 0.4) is 0 Å². The summed E-state index contributed by atoms with van der Waals surface area (Å²) < 4.78 is 62.8. The van der Waals surface area contributed by atoms with Gasteiger partial charge in [0.25, 0.3) is 5.91 Å². The fourth-order valence-corrected chi connectivity index (χ4v) is 3.15. The Balaban J connectivity index is 1.77. The predicted molar refractivity (Wildman–Crippen MR) is 105 cm³/mol. The molecule has 3 amide bonds. The minimum atomic E-state index is -5.84. The first-order valence-corrected chi connectivity index (χ1v) is 9.44. The van der Waals surface area contributed by atoms with Gasteiger partial charge in [-0.3, -0.25) is 14.4 Å². The zero-order valence-electron chi connectivity index (χ0n) is 16.6. The van der Waals surface area contributed by atoms with Gasteiger partial charge in [0.2, 0.25) is 11.8 Å². The van der Waals surface area contributed by atoms with Crippen molar-refractivity contribution >= 4 is 23.4 Å². The van der Waals surface area contributed by atoms with Gasteiger partial charge in [0.05, 0.1) is 6.54 Å². The molecule has 0 fully saturated rings. The molecule has 0 bridgehead atoms. The van der Waals surface area contributed by atoms with Crippen LogP contribution in [0, 0.1) is 5.92 Å². The van der Waals surface area contributed by atoms with Crippen LogP contribution in [0.5, 0.6) is 0 Å². The molecule has 1 heterocycles. The third-order valence-corrected chi connectivity index (χ3v) is 4.98. The molecule has 3 rings (SSSR count). The topological polar surface area (TPSA) is 87.3 Å². The number of para-hydroxylation sites is 1. The molecule has 2 aromatic rings. The number of rotatable bonds is 5. The molecule has 0 aliphatic carbocycles. The zero-order chi connectivity index (χ0) is 23.7. The van der Waals surface area contributed by atoms with Gasteiger partial charge in [-0.25, -0.2) is 0 Å². The number of anilines is 1. The fraction of sp³-hybridized carbons (Fsp3) is 0.286. The molecule has 0 spiro atoms. The van der Waals surface area contributed by atoms with Crippen LogP contribution in [-0.4, -0.2) is 36.4 Å². The Morgan fingerprint density at radius 1 is 0.969 bits per heavy atom. The van der Waals surface area contributed by atoms with E-state index < -0.39 is 48.3 Å². The van der Waals surface area contributed by atoms with E-state index in [-0.39, 0.29) is 0 Å². The van der Waals surface area contributed by atoms with E-state index in [4.69, 9.17) is 0 Å². The predicted octanol–water partition coefficient (Wildman–Crippen LogP) is 3.41. The highest BCUT2D eigenvalue weighted by molar-refractivity contribution is 6.06. The van der Waals surface area contributed by atoms with E-state index in [2.05, 4.69) is 10.6 Å². The summed E-state index contributed by atoms with van der Waals surface area (Å²) in [7, 11) is 0. The molecular weight excluding hydrogens is 437 g/mol. The summed E-state index contributed by atoms with van der Waals surface area (Å²) >= 11 is 0. The molecule has 6 nitrogen and oxygen atoms in total. The first-order valence-electron chi connectivity index (χ1n) is 9.44. The fourth-order valence-electron chi connectivity index (χ4n) is 3.15. The summed E-state index contributed by atoms with van der Waals surface area (Å²) in [6.45, 7) is -0.972. The van der Waals surface area contributed by atoms with E-state index in [0.29, 0.717) is 22.4 Å². The molecular formula is C21H18F5N3O3. The highest BCUT2D eigenvalue weighted by Gasteiger charge is 2.57. The Kier molecular flexibility index (Phi) is 6.20. The van der Waals surface area contributed by atoms with Gasteiger partial charge < -0.3 is 16.0 Å².